The van der Waals surface area contributed by atoms with Gasteiger partial charge in [-0.15, -0.1) is 0 Å². The van der Waals surface area contributed by atoms with Crippen LogP contribution in [0.2, 0.25) is 34.5 Å². The first-order valence-corrected chi connectivity index (χ1v) is 19.3. The minimum atomic E-state index is -1.89. The molecule has 0 spiro atoms. The third-order valence-electron chi connectivity index (χ3n) is 2.31. The number of rotatable bonds is 5. The van der Waals surface area contributed by atoms with Gasteiger partial charge in [0.15, 0.2) is 0 Å². The average molecular weight is 330 g/mol. The maximum atomic E-state index is 8.57. The fraction of sp³-hybridized carbons (Fsp3) is 0.750. The van der Waals surface area contributed by atoms with Crippen LogP contribution in [0, 0.1) is 11.3 Å². The monoisotopic (exact) mass is 331 g/mol. The molecule has 0 saturated heterocycles. The quantitative estimate of drug-likeness (QED) is 0.543. The van der Waals surface area contributed by atoms with Gasteiger partial charge in [-0.3, -0.25) is 0 Å². The first kappa shape index (κ1) is 15.2. The van der Waals surface area contributed by atoms with E-state index in [1.54, 1.807) is 3.59 Å². The van der Waals surface area contributed by atoms with Crippen LogP contribution in [0.25, 0.3) is 0 Å². The topological polar surface area (TPSA) is 23.8 Å². The first-order valence-electron chi connectivity index (χ1n) is 5.76. The van der Waals surface area contributed by atoms with Gasteiger partial charge in [-0.1, -0.05) is 0 Å². The van der Waals surface area contributed by atoms with Crippen LogP contribution in [-0.4, -0.2) is 26.5 Å². The molecular weight excluding hydrogens is 305 g/mol. The number of unbranched alkanes of at least 4 members (excludes halogenated alkanes) is 1. The molecule has 0 aromatic heterocycles. The van der Waals surface area contributed by atoms with Gasteiger partial charge < -0.3 is 0 Å². The Kier molecular flexibility index (Phi) is 6.20. The van der Waals surface area contributed by atoms with Gasteiger partial charge in [0, 0.05) is 0 Å². The summed E-state index contributed by atoms with van der Waals surface area (Å²) in [5.41, 5.74) is 2.60. The van der Waals surface area contributed by atoms with Crippen LogP contribution in [0.1, 0.15) is 19.3 Å². The zero-order chi connectivity index (χ0) is 12.1. The molecule has 0 rings (SSSR count). The summed E-state index contributed by atoms with van der Waals surface area (Å²) in [6.07, 6.45) is 2.95. The third-order valence-corrected chi connectivity index (χ3v) is 11.0. The standard InChI is InChI=1S/C9H16NSi.3CH3.Sn/c1-11(2,3)9-7-5-4-6-8-10;;;;/h9H,4-6H2,1-3H3;3*1H3;. The molecule has 1 nitrogen and oxygen atoms in total. The molecule has 0 radical (unpaired) electrons. The van der Waals surface area contributed by atoms with Crippen molar-refractivity contribution >= 4 is 26.5 Å². The van der Waals surface area contributed by atoms with Crippen molar-refractivity contribution in [3.05, 3.63) is 9.29 Å². The van der Waals surface area contributed by atoms with Gasteiger partial charge in [0.1, 0.15) is 0 Å². The van der Waals surface area contributed by atoms with Crippen LogP contribution in [0.15, 0.2) is 9.29 Å². The van der Waals surface area contributed by atoms with E-state index in [4.69, 9.17) is 5.26 Å². The molecule has 15 heavy (non-hydrogen) atoms. The molecule has 0 N–H and O–H groups in total. The predicted molar refractivity (Wildman–Crippen MR) is 74.2 cm³/mol. The maximum absolute atomic E-state index is 8.57. The van der Waals surface area contributed by atoms with E-state index in [-0.39, 0.29) is 0 Å². The van der Waals surface area contributed by atoms with Crippen molar-refractivity contribution in [2.75, 3.05) is 0 Å². The zero-order valence-corrected chi connectivity index (χ0v) is 15.0. The Morgan fingerprint density at radius 3 is 2.13 bits per heavy atom. The van der Waals surface area contributed by atoms with Crippen LogP contribution in [0.5, 0.6) is 0 Å². The Morgan fingerprint density at radius 2 is 1.80 bits per heavy atom. The summed E-state index contributed by atoms with van der Waals surface area (Å²) in [5, 5.41) is 8.57. The normalized spacial score (nSPS) is 13.8. The summed E-state index contributed by atoms with van der Waals surface area (Å²) in [4.78, 5) is 7.44. The third kappa shape index (κ3) is 8.09. The summed E-state index contributed by atoms with van der Waals surface area (Å²) in [6.45, 7) is 7.19. The second-order valence-electron chi connectivity index (χ2n) is 6.30. The summed E-state index contributed by atoms with van der Waals surface area (Å²) < 4.78 is 1.75. The molecule has 0 heterocycles. The van der Waals surface area contributed by atoms with E-state index in [2.05, 4.69) is 46.2 Å². The van der Waals surface area contributed by atoms with Crippen molar-refractivity contribution < 1.29 is 0 Å². The molecule has 0 atom stereocenters. The molecule has 3 heteroatoms. The second kappa shape index (κ2) is 6.10. The van der Waals surface area contributed by atoms with E-state index in [1.807, 2.05) is 0 Å². The van der Waals surface area contributed by atoms with Gasteiger partial charge in [0.05, 0.1) is 0 Å². The van der Waals surface area contributed by atoms with Gasteiger partial charge >= 0.3 is 101 Å². The fourth-order valence-electron chi connectivity index (χ4n) is 1.54. The Labute approximate surface area is 100 Å². The van der Waals surface area contributed by atoms with E-state index >= 15 is 0 Å². The van der Waals surface area contributed by atoms with E-state index in [9.17, 15) is 0 Å². The molecule has 0 aromatic carbocycles. The Bertz CT molecular complexity index is 263. The van der Waals surface area contributed by atoms with Gasteiger partial charge in [-0.25, -0.2) is 0 Å². The van der Waals surface area contributed by atoms with Gasteiger partial charge in [-0.05, 0) is 0 Å². The predicted octanol–water partition coefficient (Wildman–Crippen LogP) is 4.36. The van der Waals surface area contributed by atoms with Crippen LogP contribution in [0.3, 0.4) is 0 Å². The molecule has 0 saturated carbocycles. The van der Waals surface area contributed by atoms with Crippen molar-refractivity contribution in [3.63, 3.8) is 0 Å². The molecule has 0 unspecified atom stereocenters. The minimum absolute atomic E-state index is 0.713. The van der Waals surface area contributed by atoms with Crippen molar-refractivity contribution in [1.82, 2.24) is 0 Å². The zero-order valence-electron chi connectivity index (χ0n) is 11.1. The number of hydrogen-bond donors (Lipinski definition) is 0. The molecule has 0 bridgehead atoms. The van der Waals surface area contributed by atoms with E-state index in [1.165, 1.54) is 6.42 Å². The summed E-state index contributed by atoms with van der Waals surface area (Å²) in [5.74, 6) is 0. The Hall–Kier alpha value is 0.246. The molecule has 0 amide bonds. The van der Waals surface area contributed by atoms with Crippen molar-refractivity contribution in [1.29, 1.82) is 5.26 Å². The molecular formula is C12H25NSiSn. The molecule has 0 aliphatic rings. The summed E-state index contributed by atoms with van der Waals surface area (Å²) in [6, 6.07) is 2.24. The Morgan fingerprint density at radius 1 is 1.27 bits per heavy atom. The number of nitrogens with zero attached hydrogens (tertiary/aromatic N) is 1. The van der Waals surface area contributed by atoms with Gasteiger partial charge in [-0.2, -0.15) is 0 Å². The number of nitriles is 1. The van der Waals surface area contributed by atoms with Gasteiger partial charge in [0.25, 0.3) is 0 Å². The molecule has 0 aliphatic carbocycles. The molecule has 0 aliphatic heterocycles. The van der Waals surface area contributed by atoms with E-state index in [0.717, 1.165) is 6.42 Å². The van der Waals surface area contributed by atoms with Crippen molar-refractivity contribution in [3.8, 4) is 6.07 Å². The SMILES string of the molecule is C[Si](C)(C)/C=[C](/CCCC#N)[Sn]([CH3])([CH3])[CH3]. The van der Waals surface area contributed by atoms with Crippen LogP contribution in [-0.2, 0) is 0 Å². The first-order chi connectivity index (χ1) is 6.67. The summed E-state index contributed by atoms with van der Waals surface area (Å²) in [7, 11) is -1.08. The van der Waals surface area contributed by atoms with E-state index in [0.29, 0.717) is 6.42 Å². The summed E-state index contributed by atoms with van der Waals surface area (Å²) >= 11 is -1.89. The molecule has 86 valence electrons. The van der Waals surface area contributed by atoms with Crippen molar-refractivity contribution in [2.24, 2.45) is 0 Å². The van der Waals surface area contributed by atoms with Crippen LogP contribution >= 0.6 is 0 Å². The molecule has 0 aromatic rings. The molecule has 0 fully saturated rings. The Balaban J connectivity index is 4.63. The van der Waals surface area contributed by atoms with Crippen LogP contribution < -0.4 is 0 Å². The van der Waals surface area contributed by atoms with Gasteiger partial charge in [0.2, 0.25) is 0 Å². The van der Waals surface area contributed by atoms with Crippen LogP contribution in [0.4, 0.5) is 0 Å². The van der Waals surface area contributed by atoms with Crippen molar-refractivity contribution in [2.45, 2.75) is 53.7 Å². The fourth-order valence-corrected chi connectivity index (χ4v) is 13.2. The van der Waals surface area contributed by atoms with E-state index < -0.39 is 26.5 Å². The number of allylic oxidation sites excluding steroid dienone is 1. The average Bonchev–Trinajstić information content (AvgIpc) is 1.99. The second-order valence-corrected chi connectivity index (χ2v) is 26.0. The number of hydrogen-bond acceptors (Lipinski definition) is 1.